The number of carboxylic acids is 1. The summed E-state index contributed by atoms with van der Waals surface area (Å²) in [5.74, 6) is -1.18. The number of carbonyl (C=O) groups excluding carboxylic acids is 1. The van der Waals surface area contributed by atoms with E-state index >= 15 is 0 Å². The highest BCUT2D eigenvalue weighted by molar-refractivity contribution is 7.76. The molecule has 2 amide bonds. The number of likely N-dealkylation sites (tertiary alicyclic amines) is 1. The van der Waals surface area contributed by atoms with Crippen molar-refractivity contribution in [2.75, 3.05) is 33.2 Å². The summed E-state index contributed by atoms with van der Waals surface area (Å²) in [4.78, 5) is 27.0. The van der Waals surface area contributed by atoms with E-state index < -0.39 is 17.2 Å². The minimum absolute atomic E-state index is 0.00306. The normalized spacial score (nSPS) is 25.7. The number of allylic oxidation sites excluding steroid dienone is 3. The molecule has 0 aromatic heterocycles. The van der Waals surface area contributed by atoms with Crippen LogP contribution >= 0.6 is 0 Å². The maximum atomic E-state index is 12.7. The molecular weight excluding hydrogens is 370 g/mol. The topological polar surface area (TPSA) is 104 Å². The predicted octanol–water partition coefficient (Wildman–Crippen LogP) is 1.80. The molecule has 1 unspecified atom stereocenters. The lowest BCUT2D eigenvalue weighted by atomic mass is 9.92. The van der Waals surface area contributed by atoms with Crippen LogP contribution in [0.3, 0.4) is 0 Å². The number of carbonyl (C=O) groups is 2. The Kier molecular flexibility index (Phi) is 7.43. The van der Waals surface area contributed by atoms with Crippen LogP contribution in [0.15, 0.2) is 23.4 Å². The summed E-state index contributed by atoms with van der Waals surface area (Å²) >= 11 is -2.36. The number of nitrogens with zero attached hydrogens (tertiary/aromatic N) is 3. The second kappa shape index (κ2) is 9.36. The zero-order valence-electron chi connectivity index (χ0n) is 16.1. The van der Waals surface area contributed by atoms with Gasteiger partial charge in [0.1, 0.15) is 0 Å². The number of hydrogen-bond donors (Lipinski definition) is 1. The average Bonchev–Trinajstić information content (AvgIpc) is 2.66. The first-order chi connectivity index (χ1) is 12.8. The molecule has 0 radical (unpaired) electrons. The number of carboxylic acid groups (broad SMARTS) is 1. The maximum Gasteiger partial charge on any atom is 0.319 e. The molecule has 2 fully saturated rings. The smallest absolute Gasteiger partial charge is 0.319 e. The second-order valence-electron chi connectivity index (χ2n) is 7.10. The van der Waals surface area contributed by atoms with Crippen molar-refractivity contribution in [1.29, 1.82) is 0 Å². The van der Waals surface area contributed by atoms with Crippen LogP contribution in [0.2, 0.25) is 0 Å². The van der Waals surface area contributed by atoms with Crippen LogP contribution in [-0.2, 0) is 16.1 Å². The van der Waals surface area contributed by atoms with Gasteiger partial charge >= 0.3 is 12.0 Å². The van der Waals surface area contributed by atoms with E-state index in [-0.39, 0.29) is 17.9 Å². The van der Waals surface area contributed by atoms with Crippen molar-refractivity contribution >= 4 is 23.3 Å². The van der Waals surface area contributed by atoms with Crippen molar-refractivity contribution in [3.63, 3.8) is 0 Å². The molecule has 0 spiro atoms. The molecule has 2 heterocycles. The van der Waals surface area contributed by atoms with Gasteiger partial charge in [-0.25, -0.2) is 4.79 Å². The Morgan fingerprint density at radius 3 is 2.41 bits per heavy atom. The lowest BCUT2D eigenvalue weighted by molar-refractivity contribution is -0.143. The first-order valence-corrected chi connectivity index (χ1v) is 10.2. The minimum Gasteiger partial charge on any atom is -0.755 e. The molecule has 0 saturated carbocycles. The summed E-state index contributed by atoms with van der Waals surface area (Å²) in [5, 5.41) is 9.07. The Morgan fingerprint density at radius 1 is 1.30 bits per heavy atom. The SMILES string of the molecule is C/C=C1/C[C@@H](CN(C)C(=O)N2CCC(C(=O)O)CC2)CN(S(=O)[O-])/C1=C/C. The van der Waals surface area contributed by atoms with E-state index in [1.165, 1.54) is 4.31 Å². The van der Waals surface area contributed by atoms with Crippen LogP contribution in [0.5, 0.6) is 0 Å². The third-order valence-electron chi connectivity index (χ3n) is 5.31. The molecule has 0 aromatic rings. The average molecular weight is 399 g/mol. The summed E-state index contributed by atoms with van der Waals surface area (Å²) in [5.41, 5.74) is 1.66. The van der Waals surface area contributed by atoms with Crippen LogP contribution in [0.1, 0.15) is 33.1 Å². The van der Waals surface area contributed by atoms with Crippen LogP contribution in [0, 0.1) is 11.8 Å². The zero-order valence-corrected chi connectivity index (χ0v) is 16.9. The van der Waals surface area contributed by atoms with Gasteiger partial charge in [0.05, 0.1) is 5.92 Å². The van der Waals surface area contributed by atoms with Gasteiger partial charge in [0.15, 0.2) is 0 Å². The molecule has 2 aliphatic rings. The molecule has 9 heteroatoms. The van der Waals surface area contributed by atoms with E-state index in [9.17, 15) is 18.4 Å². The van der Waals surface area contributed by atoms with Crippen molar-refractivity contribution in [3.8, 4) is 0 Å². The molecule has 2 atom stereocenters. The van der Waals surface area contributed by atoms with Gasteiger partial charge in [-0.05, 0) is 44.6 Å². The fourth-order valence-corrected chi connectivity index (χ4v) is 4.57. The van der Waals surface area contributed by atoms with Crippen LogP contribution in [0.4, 0.5) is 4.79 Å². The van der Waals surface area contributed by atoms with E-state index in [1.807, 2.05) is 19.9 Å². The van der Waals surface area contributed by atoms with E-state index in [0.717, 1.165) is 5.57 Å². The van der Waals surface area contributed by atoms with Crippen LogP contribution in [0.25, 0.3) is 0 Å². The third kappa shape index (κ3) is 5.10. The van der Waals surface area contributed by atoms with E-state index in [2.05, 4.69) is 0 Å². The highest BCUT2D eigenvalue weighted by atomic mass is 32.2. The first kappa shape index (κ1) is 21.4. The van der Waals surface area contributed by atoms with Crippen molar-refractivity contribution in [1.82, 2.24) is 14.1 Å². The molecule has 0 aromatic carbocycles. The number of aliphatic carboxylic acids is 1. The van der Waals surface area contributed by atoms with Crippen molar-refractivity contribution < 1.29 is 23.5 Å². The molecule has 27 heavy (non-hydrogen) atoms. The van der Waals surface area contributed by atoms with Gasteiger partial charge in [0.2, 0.25) is 0 Å². The Bertz CT molecular complexity index is 655. The van der Waals surface area contributed by atoms with Crippen molar-refractivity contribution in [3.05, 3.63) is 23.4 Å². The lowest BCUT2D eigenvalue weighted by Gasteiger charge is -2.40. The monoisotopic (exact) mass is 398 g/mol. The standard InChI is InChI=1S/C18H29N3O5S/c1-4-14-10-13(12-21(27(25)26)16(14)5-2)11-19(3)18(24)20-8-6-15(7-9-20)17(22)23/h4-5,13,15H,6-12H2,1-3H3,(H,22,23)(H,25,26)/p-1/b14-4-,16-5+/t13-/m0/s1. The molecule has 1 N–H and O–H groups in total. The van der Waals surface area contributed by atoms with Gasteiger partial charge in [-0.1, -0.05) is 12.2 Å². The summed E-state index contributed by atoms with van der Waals surface area (Å²) in [7, 11) is 1.71. The van der Waals surface area contributed by atoms with E-state index in [0.29, 0.717) is 51.1 Å². The minimum atomic E-state index is -2.36. The van der Waals surface area contributed by atoms with Crippen LogP contribution in [-0.4, -0.2) is 73.2 Å². The molecule has 2 rings (SSSR count). The van der Waals surface area contributed by atoms with E-state index in [1.54, 1.807) is 22.9 Å². The molecule has 8 nitrogen and oxygen atoms in total. The van der Waals surface area contributed by atoms with Gasteiger partial charge in [-0.15, -0.1) is 0 Å². The Labute approximate surface area is 162 Å². The van der Waals surface area contributed by atoms with Gasteiger partial charge in [0.25, 0.3) is 0 Å². The number of amides is 2. The van der Waals surface area contributed by atoms with Gasteiger partial charge in [-0.3, -0.25) is 9.00 Å². The number of piperidine rings is 2. The molecule has 0 aliphatic carbocycles. The number of hydrogen-bond acceptors (Lipinski definition) is 4. The summed E-state index contributed by atoms with van der Waals surface area (Å²) in [6.45, 7) is 5.35. The highest BCUT2D eigenvalue weighted by Gasteiger charge is 2.31. The maximum absolute atomic E-state index is 12.7. The third-order valence-corrected chi connectivity index (χ3v) is 6.01. The number of rotatable bonds is 4. The molecule has 2 saturated heterocycles. The Hall–Kier alpha value is -1.87. The lowest BCUT2D eigenvalue weighted by Crippen LogP contribution is -2.49. The van der Waals surface area contributed by atoms with Crippen LogP contribution < -0.4 is 0 Å². The Balaban J connectivity index is 1.98. The quantitative estimate of drug-likeness (QED) is 0.727. The van der Waals surface area contributed by atoms with E-state index in [4.69, 9.17) is 5.11 Å². The van der Waals surface area contributed by atoms with Gasteiger partial charge in [0, 0.05) is 50.2 Å². The summed E-state index contributed by atoms with van der Waals surface area (Å²) in [6.07, 6.45) is 5.36. The van der Waals surface area contributed by atoms with Crippen molar-refractivity contribution in [2.45, 2.75) is 33.1 Å². The molecular formula is C18H28N3O5S-. The number of urea groups is 1. The predicted molar refractivity (Wildman–Crippen MR) is 101 cm³/mol. The molecule has 2 aliphatic heterocycles. The van der Waals surface area contributed by atoms with Gasteiger partial charge in [-0.2, -0.15) is 0 Å². The van der Waals surface area contributed by atoms with Gasteiger partial charge < -0.3 is 23.8 Å². The largest absolute Gasteiger partial charge is 0.755 e. The summed E-state index contributed by atoms with van der Waals surface area (Å²) < 4.78 is 24.6. The molecule has 152 valence electrons. The zero-order chi connectivity index (χ0) is 20.1. The fraction of sp³-hybridized carbons (Fsp3) is 0.667. The Morgan fingerprint density at radius 2 is 1.93 bits per heavy atom. The first-order valence-electron chi connectivity index (χ1n) is 9.20. The highest BCUT2D eigenvalue weighted by Crippen LogP contribution is 2.31. The van der Waals surface area contributed by atoms with Crippen molar-refractivity contribution in [2.24, 2.45) is 11.8 Å². The molecule has 0 bridgehead atoms. The fourth-order valence-electron chi connectivity index (χ4n) is 3.86. The summed E-state index contributed by atoms with van der Waals surface area (Å²) in [6, 6.07) is -0.132. The second-order valence-corrected chi connectivity index (χ2v) is 7.97.